The first-order valence-corrected chi connectivity index (χ1v) is 4.15. The molecule has 0 bridgehead atoms. The first kappa shape index (κ1) is 9.32. The normalized spacial score (nSPS) is 27.0. The largest absolute Gasteiger partial charge is 0.447 e. The molecule has 1 saturated heterocycles. The molecule has 4 nitrogen and oxygen atoms in total. The standard InChI is InChI=1S/C8H15NO3/c1-5(2)7-6(12-7)4-11-8(10)9-3/h5-7H,4H2,1-3H3,(H,9,10)/t6-,7-/m1/s1. The molecule has 0 radical (unpaired) electrons. The van der Waals surface area contributed by atoms with E-state index in [9.17, 15) is 4.79 Å². The van der Waals surface area contributed by atoms with Crippen molar-refractivity contribution in [2.45, 2.75) is 26.1 Å². The Morgan fingerprint density at radius 3 is 2.75 bits per heavy atom. The lowest BCUT2D eigenvalue weighted by Gasteiger charge is -2.01. The monoisotopic (exact) mass is 173 g/mol. The van der Waals surface area contributed by atoms with Crippen LogP contribution in [0.25, 0.3) is 0 Å². The lowest BCUT2D eigenvalue weighted by Crippen LogP contribution is -2.22. The van der Waals surface area contributed by atoms with E-state index in [2.05, 4.69) is 19.2 Å². The van der Waals surface area contributed by atoms with Gasteiger partial charge >= 0.3 is 6.09 Å². The van der Waals surface area contributed by atoms with E-state index < -0.39 is 6.09 Å². The van der Waals surface area contributed by atoms with Crippen LogP contribution in [0, 0.1) is 5.92 Å². The van der Waals surface area contributed by atoms with Gasteiger partial charge in [-0.15, -0.1) is 0 Å². The maximum atomic E-state index is 10.6. The Kier molecular flexibility index (Phi) is 2.92. The maximum Gasteiger partial charge on any atom is 0.406 e. The molecule has 1 amide bonds. The minimum absolute atomic E-state index is 0.113. The average molecular weight is 173 g/mol. The molecule has 0 aromatic carbocycles. The summed E-state index contributed by atoms with van der Waals surface area (Å²) in [6, 6.07) is 0. The van der Waals surface area contributed by atoms with Crippen molar-refractivity contribution < 1.29 is 14.3 Å². The summed E-state index contributed by atoms with van der Waals surface area (Å²) >= 11 is 0. The van der Waals surface area contributed by atoms with Gasteiger partial charge in [-0.05, 0) is 5.92 Å². The molecule has 1 heterocycles. The van der Waals surface area contributed by atoms with Crippen LogP contribution >= 0.6 is 0 Å². The van der Waals surface area contributed by atoms with E-state index >= 15 is 0 Å². The van der Waals surface area contributed by atoms with E-state index in [1.54, 1.807) is 0 Å². The second kappa shape index (κ2) is 3.76. The van der Waals surface area contributed by atoms with E-state index in [1.165, 1.54) is 7.05 Å². The Labute approximate surface area is 72.2 Å². The topological polar surface area (TPSA) is 50.9 Å². The molecule has 12 heavy (non-hydrogen) atoms. The minimum atomic E-state index is -0.395. The Morgan fingerprint density at radius 2 is 2.33 bits per heavy atom. The molecule has 1 aliphatic rings. The number of epoxide rings is 1. The lowest BCUT2D eigenvalue weighted by molar-refractivity contribution is 0.138. The number of rotatable bonds is 3. The van der Waals surface area contributed by atoms with Crippen molar-refractivity contribution in [2.24, 2.45) is 5.92 Å². The molecular weight excluding hydrogens is 158 g/mol. The predicted molar refractivity (Wildman–Crippen MR) is 43.9 cm³/mol. The molecule has 2 atom stereocenters. The fraction of sp³-hybridized carbons (Fsp3) is 0.875. The van der Waals surface area contributed by atoms with Crippen LogP contribution in [0.1, 0.15) is 13.8 Å². The highest BCUT2D eigenvalue weighted by molar-refractivity contribution is 5.66. The molecule has 0 aliphatic carbocycles. The zero-order valence-corrected chi connectivity index (χ0v) is 7.66. The number of hydrogen-bond donors (Lipinski definition) is 1. The molecule has 1 aliphatic heterocycles. The quantitative estimate of drug-likeness (QED) is 0.641. The van der Waals surface area contributed by atoms with Crippen molar-refractivity contribution in [2.75, 3.05) is 13.7 Å². The van der Waals surface area contributed by atoms with Crippen molar-refractivity contribution in [1.82, 2.24) is 5.32 Å². The van der Waals surface area contributed by atoms with Gasteiger partial charge in [0.15, 0.2) is 0 Å². The molecule has 0 aromatic heterocycles. The van der Waals surface area contributed by atoms with Gasteiger partial charge in [-0.3, -0.25) is 0 Å². The maximum absolute atomic E-state index is 10.6. The number of nitrogens with one attached hydrogen (secondary N) is 1. The second-order valence-electron chi connectivity index (χ2n) is 3.23. The van der Waals surface area contributed by atoms with Gasteiger partial charge in [0.25, 0.3) is 0 Å². The minimum Gasteiger partial charge on any atom is -0.447 e. The number of alkyl carbamates (subject to hydrolysis) is 1. The van der Waals surface area contributed by atoms with Crippen LogP contribution in [0.5, 0.6) is 0 Å². The van der Waals surface area contributed by atoms with E-state index in [0.717, 1.165) is 0 Å². The van der Waals surface area contributed by atoms with Crippen molar-refractivity contribution in [3.63, 3.8) is 0 Å². The van der Waals surface area contributed by atoms with Crippen LogP contribution in [0.3, 0.4) is 0 Å². The van der Waals surface area contributed by atoms with Gasteiger partial charge in [0, 0.05) is 7.05 Å². The molecular formula is C8H15NO3. The lowest BCUT2D eigenvalue weighted by atomic mass is 10.1. The molecule has 4 heteroatoms. The highest BCUT2D eigenvalue weighted by Gasteiger charge is 2.41. The number of hydrogen-bond acceptors (Lipinski definition) is 3. The molecule has 70 valence electrons. The van der Waals surface area contributed by atoms with E-state index in [0.29, 0.717) is 12.5 Å². The third kappa shape index (κ3) is 2.37. The van der Waals surface area contributed by atoms with Gasteiger partial charge in [0.2, 0.25) is 0 Å². The van der Waals surface area contributed by atoms with Crippen molar-refractivity contribution in [3.05, 3.63) is 0 Å². The van der Waals surface area contributed by atoms with Gasteiger partial charge in [-0.1, -0.05) is 13.8 Å². The Hall–Kier alpha value is -0.770. The van der Waals surface area contributed by atoms with Gasteiger partial charge in [-0.25, -0.2) is 4.79 Å². The summed E-state index contributed by atoms with van der Waals surface area (Å²) in [5.41, 5.74) is 0. The third-order valence-electron chi connectivity index (χ3n) is 1.86. The van der Waals surface area contributed by atoms with Crippen LogP contribution in [0.15, 0.2) is 0 Å². The summed E-state index contributed by atoms with van der Waals surface area (Å²) in [7, 11) is 1.54. The van der Waals surface area contributed by atoms with Crippen LogP contribution in [0.4, 0.5) is 4.79 Å². The summed E-state index contributed by atoms with van der Waals surface area (Å²) in [5.74, 6) is 0.503. The smallest absolute Gasteiger partial charge is 0.406 e. The Morgan fingerprint density at radius 1 is 1.67 bits per heavy atom. The van der Waals surface area contributed by atoms with Gasteiger partial charge < -0.3 is 14.8 Å². The summed E-state index contributed by atoms with van der Waals surface area (Å²) < 4.78 is 10.1. The molecule has 1 rings (SSSR count). The van der Waals surface area contributed by atoms with Gasteiger partial charge in [0.05, 0.1) is 6.10 Å². The van der Waals surface area contributed by atoms with Crippen molar-refractivity contribution in [1.29, 1.82) is 0 Å². The number of carbonyl (C=O) groups excluding carboxylic acids is 1. The average Bonchev–Trinajstić information content (AvgIpc) is 2.79. The molecule has 1 N–H and O–H groups in total. The highest BCUT2D eigenvalue weighted by atomic mass is 16.6. The summed E-state index contributed by atoms with van der Waals surface area (Å²) in [6.07, 6.45) is -0.00929. The summed E-state index contributed by atoms with van der Waals surface area (Å²) in [4.78, 5) is 10.6. The predicted octanol–water partition coefficient (Wildman–Crippen LogP) is 0.766. The molecule has 0 spiro atoms. The molecule has 0 aromatic rings. The Bertz CT molecular complexity index is 170. The van der Waals surface area contributed by atoms with E-state index in [1.807, 2.05) is 0 Å². The van der Waals surface area contributed by atoms with Crippen LogP contribution < -0.4 is 5.32 Å². The second-order valence-corrected chi connectivity index (χ2v) is 3.23. The highest BCUT2D eigenvalue weighted by Crippen LogP contribution is 2.28. The first-order valence-electron chi connectivity index (χ1n) is 4.15. The van der Waals surface area contributed by atoms with Crippen molar-refractivity contribution in [3.8, 4) is 0 Å². The van der Waals surface area contributed by atoms with Crippen LogP contribution in [0.2, 0.25) is 0 Å². The SMILES string of the molecule is CNC(=O)OC[C@H]1O[C@@H]1C(C)C. The first-order chi connectivity index (χ1) is 5.65. The molecule has 1 fully saturated rings. The van der Waals surface area contributed by atoms with E-state index in [4.69, 9.17) is 9.47 Å². The zero-order valence-electron chi connectivity index (χ0n) is 7.66. The third-order valence-corrected chi connectivity index (χ3v) is 1.86. The number of amides is 1. The number of carbonyl (C=O) groups is 1. The van der Waals surface area contributed by atoms with Gasteiger partial charge in [-0.2, -0.15) is 0 Å². The fourth-order valence-electron chi connectivity index (χ4n) is 1.11. The molecule has 0 saturated carbocycles. The van der Waals surface area contributed by atoms with Crippen LogP contribution in [-0.2, 0) is 9.47 Å². The van der Waals surface area contributed by atoms with E-state index in [-0.39, 0.29) is 12.2 Å². The van der Waals surface area contributed by atoms with Crippen LogP contribution in [-0.4, -0.2) is 32.0 Å². The molecule has 0 unspecified atom stereocenters. The zero-order chi connectivity index (χ0) is 9.14. The van der Waals surface area contributed by atoms with Gasteiger partial charge in [0.1, 0.15) is 12.7 Å². The summed E-state index contributed by atoms with van der Waals surface area (Å²) in [5, 5.41) is 2.38. The fourth-order valence-corrected chi connectivity index (χ4v) is 1.11. The Balaban J connectivity index is 2.08. The van der Waals surface area contributed by atoms with Crippen molar-refractivity contribution >= 4 is 6.09 Å². The summed E-state index contributed by atoms with van der Waals surface area (Å²) in [6.45, 7) is 4.54. The number of ether oxygens (including phenoxy) is 2.